The molecule has 1 atom stereocenters. The van der Waals surface area contributed by atoms with Gasteiger partial charge in [-0.3, -0.25) is 4.79 Å². The monoisotopic (exact) mass is 261 g/mol. The summed E-state index contributed by atoms with van der Waals surface area (Å²) in [7, 11) is 0. The molecular formula is C9H15N3O2S2. The SMILES string of the molecule is CSCC(C)n1c(C)nnc1SCC(=O)O. The summed E-state index contributed by atoms with van der Waals surface area (Å²) >= 11 is 2.96. The number of hydrogen-bond acceptors (Lipinski definition) is 5. The van der Waals surface area contributed by atoms with Crippen LogP contribution >= 0.6 is 23.5 Å². The maximum atomic E-state index is 10.5. The number of nitrogens with zero attached hydrogens (tertiary/aromatic N) is 3. The van der Waals surface area contributed by atoms with Gasteiger partial charge in [0.25, 0.3) is 0 Å². The fraction of sp³-hybridized carbons (Fsp3) is 0.667. The molecule has 1 aromatic heterocycles. The third-order valence-electron chi connectivity index (χ3n) is 2.01. The van der Waals surface area contributed by atoms with Gasteiger partial charge in [0.05, 0.1) is 5.75 Å². The molecule has 0 aliphatic rings. The number of rotatable bonds is 6. The highest BCUT2D eigenvalue weighted by Gasteiger charge is 2.15. The molecule has 0 amide bonds. The van der Waals surface area contributed by atoms with E-state index in [0.29, 0.717) is 5.16 Å². The molecule has 16 heavy (non-hydrogen) atoms. The molecule has 1 N–H and O–H groups in total. The van der Waals surface area contributed by atoms with Crippen LogP contribution in [0.1, 0.15) is 18.8 Å². The summed E-state index contributed by atoms with van der Waals surface area (Å²) in [6.07, 6.45) is 2.04. The zero-order valence-electron chi connectivity index (χ0n) is 9.51. The van der Waals surface area contributed by atoms with Gasteiger partial charge in [-0.05, 0) is 20.1 Å². The average Bonchev–Trinajstić information content (AvgIpc) is 2.57. The van der Waals surface area contributed by atoms with Crippen molar-refractivity contribution in [1.29, 1.82) is 0 Å². The first-order chi connectivity index (χ1) is 7.56. The van der Waals surface area contributed by atoms with Gasteiger partial charge in [0.15, 0.2) is 5.16 Å². The summed E-state index contributed by atoms with van der Waals surface area (Å²) in [6.45, 7) is 3.96. The number of hydrogen-bond donors (Lipinski definition) is 1. The fourth-order valence-corrected chi connectivity index (χ4v) is 2.83. The number of aromatic nitrogens is 3. The molecule has 1 aromatic rings. The van der Waals surface area contributed by atoms with Crippen LogP contribution in [0.3, 0.4) is 0 Å². The van der Waals surface area contributed by atoms with Crippen LogP contribution in [0.2, 0.25) is 0 Å². The second-order valence-corrected chi connectivity index (χ2v) is 5.24. The standard InChI is InChI=1S/C9H15N3O2S2/c1-6(4-15-3)12-7(2)10-11-9(12)16-5-8(13)14/h6H,4-5H2,1-3H3,(H,13,14). The molecule has 0 fully saturated rings. The van der Waals surface area contributed by atoms with E-state index >= 15 is 0 Å². The van der Waals surface area contributed by atoms with Crippen LogP contribution in [0.15, 0.2) is 5.16 Å². The number of carboxylic acid groups (broad SMARTS) is 1. The highest BCUT2D eigenvalue weighted by Crippen LogP contribution is 2.22. The topological polar surface area (TPSA) is 68.0 Å². The lowest BCUT2D eigenvalue weighted by molar-refractivity contribution is -0.133. The first-order valence-corrected chi connectivity index (χ1v) is 7.19. The Labute approximate surface area is 103 Å². The highest BCUT2D eigenvalue weighted by atomic mass is 32.2. The van der Waals surface area contributed by atoms with Crippen molar-refractivity contribution in [2.45, 2.75) is 25.0 Å². The van der Waals surface area contributed by atoms with E-state index in [2.05, 4.69) is 17.1 Å². The Hall–Kier alpha value is -0.690. The molecule has 0 aliphatic carbocycles. The second kappa shape index (κ2) is 6.15. The van der Waals surface area contributed by atoms with Crippen molar-refractivity contribution in [3.05, 3.63) is 5.82 Å². The summed E-state index contributed by atoms with van der Waals surface area (Å²) in [5, 5.41) is 17.3. The minimum absolute atomic E-state index is 0.0180. The number of thioether (sulfide) groups is 2. The summed E-state index contributed by atoms with van der Waals surface area (Å²) < 4.78 is 1.99. The minimum atomic E-state index is -0.838. The van der Waals surface area contributed by atoms with Crippen LogP contribution in [0, 0.1) is 6.92 Å². The van der Waals surface area contributed by atoms with Gasteiger partial charge in [-0.25, -0.2) is 0 Å². The number of carbonyl (C=O) groups is 1. The molecule has 0 bridgehead atoms. The van der Waals surface area contributed by atoms with E-state index in [0.717, 1.165) is 11.6 Å². The molecule has 1 unspecified atom stereocenters. The van der Waals surface area contributed by atoms with E-state index in [1.165, 1.54) is 11.8 Å². The summed E-state index contributed by atoms with van der Waals surface area (Å²) in [5.41, 5.74) is 0. The van der Waals surface area contributed by atoms with Gasteiger partial charge in [0.1, 0.15) is 5.82 Å². The maximum absolute atomic E-state index is 10.5. The molecular weight excluding hydrogens is 246 g/mol. The van der Waals surface area contributed by atoms with E-state index in [1.54, 1.807) is 11.8 Å². The van der Waals surface area contributed by atoms with Gasteiger partial charge in [-0.1, -0.05) is 11.8 Å². The van der Waals surface area contributed by atoms with Crippen LogP contribution < -0.4 is 0 Å². The highest BCUT2D eigenvalue weighted by molar-refractivity contribution is 7.99. The van der Waals surface area contributed by atoms with Crippen molar-refractivity contribution in [3.63, 3.8) is 0 Å². The molecule has 5 nitrogen and oxygen atoms in total. The van der Waals surface area contributed by atoms with Crippen molar-refractivity contribution < 1.29 is 9.90 Å². The van der Waals surface area contributed by atoms with E-state index in [9.17, 15) is 4.79 Å². The second-order valence-electron chi connectivity index (χ2n) is 3.39. The molecule has 1 heterocycles. The zero-order valence-corrected chi connectivity index (χ0v) is 11.1. The molecule has 0 spiro atoms. The van der Waals surface area contributed by atoms with Crippen molar-refractivity contribution in [1.82, 2.24) is 14.8 Å². The largest absolute Gasteiger partial charge is 0.481 e. The minimum Gasteiger partial charge on any atom is -0.481 e. The molecule has 1 rings (SSSR count). The quantitative estimate of drug-likeness (QED) is 0.786. The fourth-order valence-electron chi connectivity index (χ4n) is 1.40. The van der Waals surface area contributed by atoms with E-state index < -0.39 is 5.97 Å². The van der Waals surface area contributed by atoms with Gasteiger partial charge >= 0.3 is 5.97 Å². The Balaban J connectivity index is 2.80. The van der Waals surface area contributed by atoms with E-state index in [-0.39, 0.29) is 11.8 Å². The molecule has 0 saturated carbocycles. The average molecular weight is 261 g/mol. The van der Waals surface area contributed by atoms with Crippen LogP contribution in [0.5, 0.6) is 0 Å². The normalized spacial score (nSPS) is 12.7. The van der Waals surface area contributed by atoms with Gasteiger partial charge in [0, 0.05) is 11.8 Å². The maximum Gasteiger partial charge on any atom is 0.313 e. The van der Waals surface area contributed by atoms with Crippen LogP contribution in [-0.2, 0) is 4.79 Å². The Bertz CT molecular complexity index is 368. The van der Waals surface area contributed by atoms with Crippen LogP contribution in [-0.4, -0.2) is 43.6 Å². The number of aryl methyl sites for hydroxylation is 1. The number of carboxylic acids is 1. The lowest BCUT2D eigenvalue weighted by atomic mass is 10.4. The van der Waals surface area contributed by atoms with Gasteiger partial charge in [-0.15, -0.1) is 10.2 Å². The number of aliphatic carboxylic acids is 1. The Morgan fingerprint density at radius 3 is 2.81 bits per heavy atom. The lowest BCUT2D eigenvalue weighted by Gasteiger charge is -2.15. The summed E-state index contributed by atoms with van der Waals surface area (Å²) in [4.78, 5) is 10.5. The zero-order chi connectivity index (χ0) is 12.1. The molecule has 7 heteroatoms. The first kappa shape index (κ1) is 13.4. The third-order valence-corrected chi connectivity index (χ3v) is 3.75. The first-order valence-electron chi connectivity index (χ1n) is 4.81. The lowest BCUT2D eigenvalue weighted by Crippen LogP contribution is -2.11. The molecule has 0 aromatic carbocycles. The molecule has 0 aliphatic heterocycles. The van der Waals surface area contributed by atoms with Crippen molar-refractivity contribution in [3.8, 4) is 0 Å². The van der Waals surface area contributed by atoms with Gasteiger partial charge in [0.2, 0.25) is 0 Å². The van der Waals surface area contributed by atoms with Crippen molar-refractivity contribution >= 4 is 29.5 Å². The Kier molecular flexibility index (Phi) is 5.14. The van der Waals surface area contributed by atoms with Crippen molar-refractivity contribution in [2.24, 2.45) is 0 Å². The van der Waals surface area contributed by atoms with Crippen LogP contribution in [0.25, 0.3) is 0 Å². The Morgan fingerprint density at radius 1 is 1.56 bits per heavy atom. The summed E-state index contributed by atoms with van der Waals surface area (Å²) in [5.74, 6) is 0.966. The molecule has 0 saturated heterocycles. The third kappa shape index (κ3) is 3.41. The molecule has 0 radical (unpaired) electrons. The predicted octanol–water partition coefficient (Wildman–Crippen LogP) is 1.69. The van der Waals surface area contributed by atoms with Crippen LogP contribution in [0.4, 0.5) is 0 Å². The van der Waals surface area contributed by atoms with Gasteiger partial charge in [-0.2, -0.15) is 11.8 Å². The van der Waals surface area contributed by atoms with E-state index in [4.69, 9.17) is 5.11 Å². The predicted molar refractivity (Wildman–Crippen MR) is 66.2 cm³/mol. The van der Waals surface area contributed by atoms with Gasteiger partial charge < -0.3 is 9.67 Å². The van der Waals surface area contributed by atoms with Crippen molar-refractivity contribution in [2.75, 3.05) is 17.8 Å². The summed E-state index contributed by atoms with van der Waals surface area (Å²) in [6, 6.07) is 0.279. The Morgan fingerprint density at radius 2 is 2.25 bits per heavy atom. The smallest absolute Gasteiger partial charge is 0.313 e. The van der Waals surface area contributed by atoms with E-state index in [1.807, 2.05) is 17.7 Å². The molecule has 90 valence electrons.